The quantitative estimate of drug-likeness (QED) is 0.842. The zero-order chi connectivity index (χ0) is 18.7. The van der Waals surface area contributed by atoms with Crippen LogP contribution in [-0.4, -0.2) is 24.2 Å². The van der Waals surface area contributed by atoms with E-state index in [1.807, 2.05) is 56.3 Å². The minimum Gasteiger partial charge on any atom is -0.496 e. The van der Waals surface area contributed by atoms with E-state index in [-0.39, 0.29) is 24.3 Å². The summed E-state index contributed by atoms with van der Waals surface area (Å²) in [6.07, 6.45) is 0.128. The molecule has 1 heterocycles. The Labute approximate surface area is 157 Å². The van der Waals surface area contributed by atoms with E-state index in [0.29, 0.717) is 0 Å². The molecule has 136 valence electrons. The summed E-state index contributed by atoms with van der Waals surface area (Å²) in [5, 5.41) is 5.41. The van der Waals surface area contributed by atoms with Gasteiger partial charge in [-0.25, -0.2) is 0 Å². The second-order valence-corrected chi connectivity index (χ2v) is 7.58. The number of amides is 2. The van der Waals surface area contributed by atoms with E-state index in [2.05, 4.69) is 10.6 Å². The zero-order valence-electron chi connectivity index (χ0n) is 15.0. The summed E-state index contributed by atoms with van der Waals surface area (Å²) in [6.45, 7) is 3.91. The van der Waals surface area contributed by atoms with Crippen molar-refractivity contribution in [2.75, 3.05) is 12.4 Å². The molecule has 2 aromatic carbocycles. The number of fused-ring (bicyclic) bond motifs is 1. The number of thioether (sulfide) groups is 1. The molecule has 0 bridgehead atoms. The lowest BCUT2D eigenvalue weighted by Gasteiger charge is -2.24. The first-order chi connectivity index (χ1) is 12.5. The Balaban J connectivity index is 1.66. The Hall–Kier alpha value is -2.47. The monoisotopic (exact) mass is 370 g/mol. The van der Waals surface area contributed by atoms with Crippen LogP contribution < -0.4 is 15.4 Å². The van der Waals surface area contributed by atoms with Crippen LogP contribution >= 0.6 is 11.8 Å². The Morgan fingerprint density at radius 2 is 2.08 bits per heavy atom. The number of anilines is 1. The van der Waals surface area contributed by atoms with Crippen LogP contribution in [0.4, 0.5) is 5.69 Å². The summed E-state index contributed by atoms with van der Waals surface area (Å²) >= 11 is 1.43. The van der Waals surface area contributed by atoms with Gasteiger partial charge in [-0.2, -0.15) is 0 Å². The molecule has 0 fully saturated rings. The van der Waals surface area contributed by atoms with E-state index in [0.717, 1.165) is 27.5 Å². The molecule has 26 heavy (non-hydrogen) atoms. The SMILES string of the molecule is COc1ccc(C)cc1C(C)NC(=O)CC1Sc2ccccc2NC1=O. The predicted molar refractivity (Wildman–Crippen MR) is 104 cm³/mol. The summed E-state index contributed by atoms with van der Waals surface area (Å²) in [7, 11) is 1.61. The molecule has 0 saturated heterocycles. The number of aryl methyl sites for hydroxylation is 1. The maximum Gasteiger partial charge on any atom is 0.238 e. The van der Waals surface area contributed by atoms with E-state index in [9.17, 15) is 9.59 Å². The first kappa shape index (κ1) is 18.3. The van der Waals surface area contributed by atoms with Crippen LogP contribution in [0.15, 0.2) is 47.4 Å². The molecule has 0 saturated carbocycles. The van der Waals surface area contributed by atoms with Crippen molar-refractivity contribution in [3.8, 4) is 5.75 Å². The van der Waals surface area contributed by atoms with Gasteiger partial charge < -0.3 is 15.4 Å². The van der Waals surface area contributed by atoms with Crippen molar-refractivity contribution < 1.29 is 14.3 Å². The van der Waals surface area contributed by atoms with Crippen LogP contribution in [0.1, 0.15) is 30.5 Å². The third kappa shape index (κ3) is 4.02. The van der Waals surface area contributed by atoms with Crippen molar-refractivity contribution in [3.05, 3.63) is 53.6 Å². The number of ether oxygens (including phenoxy) is 1. The lowest BCUT2D eigenvalue weighted by Crippen LogP contribution is -2.35. The zero-order valence-corrected chi connectivity index (χ0v) is 15.9. The van der Waals surface area contributed by atoms with Gasteiger partial charge in [0.15, 0.2) is 0 Å². The Kier molecular flexibility index (Phi) is 5.52. The molecule has 2 amide bonds. The van der Waals surface area contributed by atoms with Crippen LogP contribution in [0.25, 0.3) is 0 Å². The van der Waals surface area contributed by atoms with E-state index in [1.54, 1.807) is 7.11 Å². The van der Waals surface area contributed by atoms with Gasteiger partial charge >= 0.3 is 0 Å². The fourth-order valence-electron chi connectivity index (χ4n) is 2.97. The van der Waals surface area contributed by atoms with Crippen molar-refractivity contribution in [1.82, 2.24) is 5.32 Å². The maximum atomic E-state index is 12.5. The van der Waals surface area contributed by atoms with Crippen molar-refractivity contribution in [2.45, 2.75) is 36.5 Å². The third-order valence-electron chi connectivity index (χ3n) is 4.31. The molecule has 2 atom stereocenters. The van der Waals surface area contributed by atoms with Crippen LogP contribution in [0, 0.1) is 6.92 Å². The largest absolute Gasteiger partial charge is 0.496 e. The highest BCUT2D eigenvalue weighted by molar-refractivity contribution is 8.01. The minimum absolute atomic E-state index is 0.128. The van der Waals surface area contributed by atoms with Gasteiger partial charge in [-0.05, 0) is 32.0 Å². The summed E-state index contributed by atoms with van der Waals surface area (Å²) in [6, 6.07) is 13.3. The number of nitrogens with one attached hydrogen (secondary N) is 2. The highest BCUT2D eigenvalue weighted by Gasteiger charge is 2.29. The molecule has 2 aromatic rings. The molecule has 0 aromatic heterocycles. The normalized spacial score (nSPS) is 17.0. The van der Waals surface area contributed by atoms with Gasteiger partial charge in [-0.3, -0.25) is 9.59 Å². The molecule has 1 aliphatic heterocycles. The lowest BCUT2D eigenvalue weighted by atomic mass is 10.0. The van der Waals surface area contributed by atoms with Crippen molar-refractivity contribution >= 4 is 29.3 Å². The number of methoxy groups -OCH3 is 1. The van der Waals surface area contributed by atoms with Crippen LogP contribution in [0.3, 0.4) is 0 Å². The molecular formula is C20H22N2O3S. The number of rotatable bonds is 5. The average molecular weight is 370 g/mol. The number of carbonyl (C=O) groups excluding carboxylic acids is 2. The van der Waals surface area contributed by atoms with E-state index in [1.165, 1.54) is 11.8 Å². The highest BCUT2D eigenvalue weighted by Crippen LogP contribution is 2.36. The molecule has 6 heteroatoms. The van der Waals surface area contributed by atoms with E-state index < -0.39 is 5.25 Å². The number of para-hydroxylation sites is 1. The highest BCUT2D eigenvalue weighted by atomic mass is 32.2. The number of hydrogen-bond donors (Lipinski definition) is 2. The van der Waals surface area contributed by atoms with E-state index >= 15 is 0 Å². The maximum absolute atomic E-state index is 12.5. The molecule has 0 aliphatic carbocycles. The Morgan fingerprint density at radius 1 is 1.31 bits per heavy atom. The van der Waals surface area contributed by atoms with Gasteiger partial charge in [0.25, 0.3) is 0 Å². The number of benzene rings is 2. The number of hydrogen-bond acceptors (Lipinski definition) is 4. The second-order valence-electron chi connectivity index (χ2n) is 6.33. The molecule has 3 rings (SSSR count). The Morgan fingerprint density at radius 3 is 2.85 bits per heavy atom. The van der Waals surface area contributed by atoms with Gasteiger partial charge in [-0.15, -0.1) is 11.8 Å². The minimum atomic E-state index is -0.434. The van der Waals surface area contributed by atoms with Gasteiger partial charge in [0.1, 0.15) is 5.75 Å². The fourth-order valence-corrected chi connectivity index (χ4v) is 4.08. The molecule has 0 spiro atoms. The van der Waals surface area contributed by atoms with Crippen molar-refractivity contribution in [2.24, 2.45) is 0 Å². The van der Waals surface area contributed by atoms with Crippen LogP contribution in [0.2, 0.25) is 0 Å². The lowest BCUT2D eigenvalue weighted by molar-refractivity contribution is -0.124. The predicted octanol–water partition coefficient (Wildman–Crippen LogP) is 3.68. The molecule has 2 unspecified atom stereocenters. The van der Waals surface area contributed by atoms with Crippen molar-refractivity contribution in [1.29, 1.82) is 0 Å². The molecular weight excluding hydrogens is 348 g/mol. The molecule has 0 radical (unpaired) electrons. The molecule has 2 N–H and O–H groups in total. The first-order valence-electron chi connectivity index (χ1n) is 8.48. The van der Waals surface area contributed by atoms with Gasteiger partial charge in [0, 0.05) is 16.9 Å². The molecule has 5 nitrogen and oxygen atoms in total. The van der Waals surface area contributed by atoms with Crippen LogP contribution in [0.5, 0.6) is 5.75 Å². The summed E-state index contributed by atoms with van der Waals surface area (Å²) in [5.41, 5.74) is 2.82. The van der Waals surface area contributed by atoms with E-state index in [4.69, 9.17) is 4.74 Å². The summed E-state index contributed by atoms with van der Waals surface area (Å²) < 4.78 is 5.39. The number of carbonyl (C=O) groups is 2. The molecule has 1 aliphatic rings. The second kappa shape index (κ2) is 7.83. The van der Waals surface area contributed by atoms with Crippen LogP contribution in [-0.2, 0) is 9.59 Å². The Bertz CT molecular complexity index is 838. The summed E-state index contributed by atoms with van der Waals surface area (Å²) in [4.78, 5) is 25.7. The first-order valence-corrected chi connectivity index (χ1v) is 9.36. The summed E-state index contributed by atoms with van der Waals surface area (Å²) in [5.74, 6) is 0.444. The smallest absolute Gasteiger partial charge is 0.238 e. The van der Waals surface area contributed by atoms with Crippen molar-refractivity contribution in [3.63, 3.8) is 0 Å². The average Bonchev–Trinajstić information content (AvgIpc) is 2.62. The third-order valence-corrected chi connectivity index (χ3v) is 5.58. The van der Waals surface area contributed by atoms with Gasteiger partial charge in [0.05, 0.1) is 24.1 Å². The standard InChI is InChI=1S/C20H22N2O3S/c1-12-8-9-16(25-3)14(10-12)13(2)21-19(23)11-18-20(24)22-15-6-4-5-7-17(15)26-18/h4-10,13,18H,11H2,1-3H3,(H,21,23)(H,22,24). The van der Waals surface area contributed by atoms with Gasteiger partial charge in [-0.1, -0.05) is 29.8 Å². The fraction of sp³-hybridized carbons (Fsp3) is 0.300. The topological polar surface area (TPSA) is 67.4 Å². The van der Waals surface area contributed by atoms with Gasteiger partial charge in [0.2, 0.25) is 11.8 Å².